The number of benzene rings is 2. The predicted molar refractivity (Wildman–Crippen MR) is 122 cm³/mol. The SMILES string of the molecule is O=C(NC(C(=O)NCc1cccnc1OC1CCCC1)c1ccccc1)c1ccccc1. The van der Waals surface area contributed by atoms with E-state index in [1.165, 1.54) is 12.8 Å². The summed E-state index contributed by atoms with van der Waals surface area (Å²) in [7, 11) is 0. The molecule has 6 heteroatoms. The quantitative estimate of drug-likeness (QED) is 0.563. The van der Waals surface area contributed by atoms with E-state index in [2.05, 4.69) is 15.6 Å². The Balaban J connectivity index is 1.47. The summed E-state index contributed by atoms with van der Waals surface area (Å²) >= 11 is 0. The maximum Gasteiger partial charge on any atom is 0.252 e. The lowest BCUT2D eigenvalue weighted by molar-refractivity contribution is -0.123. The van der Waals surface area contributed by atoms with Gasteiger partial charge in [-0.1, -0.05) is 54.6 Å². The molecule has 1 atom stereocenters. The molecule has 1 saturated carbocycles. The van der Waals surface area contributed by atoms with Crippen molar-refractivity contribution in [3.63, 3.8) is 0 Å². The summed E-state index contributed by atoms with van der Waals surface area (Å²) < 4.78 is 6.07. The number of pyridine rings is 1. The molecular weight excluding hydrogens is 402 g/mol. The highest BCUT2D eigenvalue weighted by Crippen LogP contribution is 2.25. The van der Waals surface area contributed by atoms with Crippen LogP contribution in [0.5, 0.6) is 5.88 Å². The van der Waals surface area contributed by atoms with Crippen molar-refractivity contribution < 1.29 is 14.3 Å². The summed E-state index contributed by atoms with van der Waals surface area (Å²) in [4.78, 5) is 30.3. The van der Waals surface area contributed by atoms with Gasteiger partial charge in [0.1, 0.15) is 12.1 Å². The zero-order valence-corrected chi connectivity index (χ0v) is 17.9. The van der Waals surface area contributed by atoms with Crippen molar-refractivity contribution in [2.75, 3.05) is 0 Å². The molecule has 0 aliphatic heterocycles. The molecule has 3 aromatic rings. The summed E-state index contributed by atoms with van der Waals surface area (Å²) in [5, 5.41) is 5.81. The molecule has 2 N–H and O–H groups in total. The number of hydrogen-bond acceptors (Lipinski definition) is 4. The number of nitrogens with zero attached hydrogens (tertiary/aromatic N) is 1. The van der Waals surface area contributed by atoms with Crippen LogP contribution in [0.4, 0.5) is 0 Å². The molecule has 0 spiro atoms. The lowest BCUT2D eigenvalue weighted by atomic mass is 10.1. The number of rotatable bonds is 8. The zero-order valence-electron chi connectivity index (χ0n) is 17.9. The third-order valence-corrected chi connectivity index (χ3v) is 5.59. The lowest BCUT2D eigenvalue weighted by Gasteiger charge is -2.20. The molecule has 4 rings (SSSR count). The largest absolute Gasteiger partial charge is 0.474 e. The molecule has 0 bridgehead atoms. The van der Waals surface area contributed by atoms with Gasteiger partial charge in [-0.3, -0.25) is 9.59 Å². The Morgan fingerprint density at radius 1 is 0.938 bits per heavy atom. The Labute approximate surface area is 188 Å². The van der Waals surface area contributed by atoms with Crippen molar-refractivity contribution in [3.8, 4) is 5.88 Å². The van der Waals surface area contributed by atoms with E-state index in [-0.39, 0.29) is 24.5 Å². The Kier molecular flexibility index (Phi) is 7.12. The first kappa shape index (κ1) is 21.6. The molecule has 1 aromatic heterocycles. The molecule has 164 valence electrons. The fraction of sp³-hybridized carbons (Fsp3) is 0.269. The van der Waals surface area contributed by atoms with Gasteiger partial charge in [0, 0.05) is 23.9 Å². The Hall–Kier alpha value is -3.67. The molecule has 1 aliphatic rings. The van der Waals surface area contributed by atoms with Crippen molar-refractivity contribution >= 4 is 11.8 Å². The van der Waals surface area contributed by atoms with Gasteiger partial charge < -0.3 is 15.4 Å². The van der Waals surface area contributed by atoms with Crippen LogP contribution < -0.4 is 15.4 Å². The van der Waals surface area contributed by atoms with Gasteiger partial charge in [0.05, 0.1) is 0 Å². The van der Waals surface area contributed by atoms with E-state index in [0.717, 1.165) is 18.4 Å². The van der Waals surface area contributed by atoms with Gasteiger partial charge in [-0.2, -0.15) is 0 Å². The van der Waals surface area contributed by atoms with Crippen molar-refractivity contribution in [1.29, 1.82) is 0 Å². The van der Waals surface area contributed by atoms with E-state index in [1.807, 2.05) is 48.5 Å². The average Bonchev–Trinajstić information content (AvgIpc) is 3.36. The van der Waals surface area contributed by atoms with E-state index in [0.29, 0.717) is 17.0 Å². The van der Waals surface area contributed by atoms with Gasteiger partial charge in [-0.25, -0.2) is 4.98 Å². The van der Waals surface area contributed by atoms with Crippen LogP contribution in [0.15, 0.2) is 79.0 Å². The summed E-state index contributed by atoms with van der Waals surface area (Å²) in [6.07, 6.45) is 6.28. The third kappa shape index (κ3) is 5.52. The van der Waals surface area contributed by atoms with Crippen LogP contribution in [0.1, 0.15) is 53.2 Å². The maximum atomic E-state index is 13.2. The van der Waals surface area contributed by atoms with E-state index >= 15 is 0 Å². The number of hydrogen-bond donors (Lipinski definition) is 2. The van der Waals surface area contributed by atoms with Crippen LogP contribution in [-0.4, -0.2) is 22.9 Å². The van der Waals surface area contributed by atoms with Crippen LogP contribution in [0.25, 0.3) is 0 Å². The topological polar surface area (TPSA) is 80.3 Å². The predicted octanol–water partition coefficient (Wildman–Crippen LogP) is 4.19. The molecule has 1 fully saturated rings. The van der Waals surface area contributed by atoms with E-state index in [1.54, 1.807) is 30.5 Å². The normalized spacial score (nSPS) is 14.5. The fourth-order valence-corrected chi connectivity index (χ4v) is 3.86. The minimum absolute atomic E-state index is 0.182. The fourth-order valence-electron chi connectivity index (χ4n) is 3.86. The molecule has 2 amide bonds. The Morgan fingerprint density at radius 3 is 2.34 bits per heavy atom. The molecule has 32 heavy (non-hydrogen) atoms. The highest BCUT2D eigenvalue weighted by Gasteiger charge is 2.24. The van der Waals surface area contributed by atoms with Crippen LogP contribution in [0.2, 0.25) is 0 Å². The highest BCUT2D eigenvalue weighted by atomic mass is 16.5. The smallest absolute Gasteiger partial charge is 0.252 e. The monoisotopic (exact) mass is 429 g/mol. The number of aromatic nitrogens is 1. The van der Waals surface area contributed by atoms with E-state index in [9.17, 15) is 9.59 Å². The molecule has 1 aliphatic carbocycles. The molecule has 0 radical (unpaired) electrons. The number of carbonyl (C=O) groups is 2. The highest BCUT2D eigenvalue weighted by molar-refractivity contribution is 5.97. The summed E-state index contributed by atoms with van der Waals surface area (Å²) in [5.74, 6) is -0.0401. The summed E-state index contributed by atoms with van der Waals surface area (Å²) in [5.41, 5.74) is 2.03. The zero-order chi connectivity index (χ0) is 22.2. The van der Waals surface area contributed by atoms with Gasteiger partial charge >= 0.3 is 0 Å². The molecule has 2 aromatic carbocycles. The lowest BCUT2D eigenvalue weighted by Crippen LogP contribution is -2.40. The number of ether oxygens (including phenoxy) is 1. The standard InChI is InChI=1S/C26H27N3O3/c30-24(20-12-5-2-6-13-20)29-23(19-10-3-1-4-11-19)25(31)28-18-21-14-9-17-27-26(21)32-22-15-7-8-16-22/h1-6,9-14,17,22-23H,7-8,15-16,18H2,(H,28,31)(H,29,30). The van der Waals surface area contributed by atoms with Crippen LogP contribution in [0, 0.1) is 0 Å². The second kappa shape index (κ2) is 10.6. The summed E-state index contributed by atoms with van der Waals surface area (Å²) in [6, 6.07) is 21.0. The van der Waals surface area contributed by atoms with Gasteiger partial charge in [-0.15, -0.1) is 0 Å². The van der Waals surface area contributed by atoms with Crippen molar-refractivity contribution in [2.24, 2.45) is 0 Å². The Morgan fingerprint density at radius 2 is 1.62 bits per heavy atom. The molecule has 1 heterocycles. The average molecular weight is 430 g/mol. The maximum absolute atomic E-state index is 13.2. The summed E-state index contributed by atoms with van der Waals surface area (Å²) in [6.45, 7) is 0.263. The molecule has 1 unspecified atom stereocenters. The van der Waals surface area contributed by atoms with Gasteiger partial charge in [0.15, 0.2) is 0 Å². The Bertz CT molecular complexity index is 1030. The van der Waals surface area contributed by atoms with E-state index < -0.39 is 6.04 Å². The van der Waals surface area contributed by atoms with E-state index in [4.69, 9.17) is 4.74 Å². The molecular formula is C26H27N3O3. The van der Waals surface area contributed by atoms with Crippen LogP contribution >= 0.6 is 0 Å². The van der Waals surface area contributed by atoms with Gasteiger partial charge in [0.2, 0.25) is 11.8 Å². The second-order valence-corrected chi connectivity index (χ2v) is 7.89. The third-order valence-electron chi connectivity index (χ3n) is 5.59. The first-order valence-electron chi connectivity index (χ1n) is 11.0. The van der Waals surface area contributed by atoms with Crippen molar-refractivity contribution in [3.05, 3.63) is 95.7 Å². The van der Waals surface area contributed by atoms with Crippen LogP contribution in [-0.2, 0) is 11.3 Å². The van der Waals surface area contributed by atoms with Crippen LogP contribution in [0.3, 0.4) is 0 Å². The first-order valence-corrected chi connectivity index (χ1v) is 11.0. The number of nitrogens with one attached hydrogen (secondary N) is 2. The second-order valence-electron chi connectivity index (χ2n) is 7.89. The van der Waals surface area contributed by atoms with Gasteiger partial charge in [0.25, 0.3) is 5.91 Å². The minimum atomic E-state index is -0.820. The minimum Gasteiger partial charge on any atom is -0.474 e. The van der Waals surface area contributed by atoms with Crippen molar-refractivity contribution in [2.45, 2.75) is 44.4 Å². The van der Waals surface area contributed by atoms with Crippen molar-refractivity contribution in [1.82, 2.24) is 15.6 Å². The number of amides is 2. The molecule has 6 nitrogen and oxygen atoms in total. The number of carbonyl (C=O) groups excluding carboxylic acids is 2. The van der Waals surface area contributed by atoms with Gasteiger partial charge in [-0.05, 0) is 49.4 Å². The molecule has 0 saturated heterocycles. The first-order chi connectivity index (χ1) is 15.7.